The predicted molar refractivity (Wildman–Crippen MR) is 83.8 cm³/mol. The van der Waals surface area contributed by atoms with Crippen molar-refractivity contribution >= 4 is 23.2 Å². The Hall–Kier alpha value is -0.440. The predicted octanol–water partition coefficient (Wildman–Crippen LogP) is 4.67. The highest BCUT2D eigenvalue weighted by Gasteiger charge is 2.24. The lowest BCUT2D eigenvalue weighted by molar-refractivity contribution is 0.413. The second-order valence-electron chi connectivity index (χ2n) is 5.35. The molecule has 0 bridgehead atoms. The van der Waals surface area contributed by atoms with Crippen LogP contribution in [0.25, 0.3) is 0 Å². The van der Waals surface area contributed by atoms with Gasteiger partial charge < -0.3 is 10.1 Å². The van der Waals surface area contributed by atoms with Crippen molar-refractivity contribution < 1.29 is 4.74 Å². The lowest BCUT2D eigenvalue weighted by Gasteiger charge is -2.27. The highest BCUT2D eigenvalue weighted by Crippen LogP contribution is 2.38. The molecule has 0 saturated heterocycles. The van der Waals surface area contributed by atoms with Gasteiger partial charge in [0, 0.05) is 11.1 Å². The van der Waals surface area contributed by atoms with E-state index in [4.69, 9.17) is 27.9 Å². The lowest BCUT2D eigenvalue weighted by atomic mass is 9.81. The van der Waals surface area contributed by atoms with E-state index in [1.165, 1.54) is 0 Å². The molecule has 0 radical (unpaired) electrons. The fourth-order valence-corrected chi connectivity index (χ4v) is 2.69. The SMILES string of the molecule is CCCNCCC(C)(C)c1cc(Cl)c(OC)cc1Cl. The first-order valence-electron chi connectivity index (χ1n) is 6.66. The van der Waals surface area contributed by atoms with Crippen LogP contribution in [0.5, 0.6) is 5.75 Å². The first-order valence-corrected chi connectivity index (χ1v) is 7.42. The normalized spacial score (nSPS) is 11.7. The van der Waals surface area contributed by atoms with E-state index in [0.29, 0.717) is 15.8 Å². The van der Waals surface area contributed by atoms with E-state index in [0.717, 1.165) is 31.5 Å². The fraction of sp³-hybridized carbons (Fsp3) is 0.600. The number of hydrogen-bond acceptors (Lipinski definition) is 2. The largest absolute Gasteiger partial charge is 0.495 e. The van der Waals surface area contributed by atoms with Crippen LogP contribution in [0.15, 0.2) is 12.1 Å². The van der Waals surface area contributed by atoms with Crippen molar-refractivity contribution in [2.24, 2.45) is 0 Å². The van der Waals surface area contributed by atoms with Crippen molar-refractivity contribution in [1.82, 2.24) is 5.32 Å². The molecule has 4 heteroatoms. The molecule has 0 amide bonds. The van der Waals surface area contributed by atoms with Gasteiger partial charge in [0.05, 0.1) is 12.1 Å². The van der Waals surface area contributed by atoms with Gasteiger partial charge in [-0.1, -0.05) is 44.0 Å². The zero-order chi connectivity index (χ0) is 14.5. The molecule has 0 aliphatic carbocycles. The third-order valence-corrected chi connectivity index (χ3v) is 3.93. The number of ether oxygens (including phenoxy) is 1. The molecular formula is C15H23Cl2NO. The number of halogens is 2. The maximum Gasteiger partial charge on any atom is 0.138 e. The third kappa shape index (κ3) is 4.55. The molecule has 0 aliphatic heterocycles. The van der Waals surface area contributed by atoms with E-state index >= 15 is 0 Å². The molecule has 0 heterocycles. The highest BCUT2D eigenvalue weighted by atomic mass is 35.5. The summed E-state index contributed by atoms with van der Waals surface area (Å²) in [5.41, 5.74) is 1.05. The molecule has 108 valence electrons. The van der Waals surface area contributed by atoms with Gasteiger partial charge in [-0.05, 0) is 43.0 Å². The number of rotatable bonds is 7. The molecule has 2 nitrogen and oxygen atoms in total. The second kappa shape index (κ2) is 7.37. The highest BCUT2D eigenvalue weighted by molar-refractivity contribution is 6.34. The van der Waals surface area contributed by atoms with Crippen LogP contribution in [-0.4, -0.2) is 20.2 Å². The van der Waals surface area contributed by atoms with Crippen LogP contribution in [0, 0.1) is 0 Å². The first-order chi connectivity index (χ1) is 8.92. The van der Waals surface area contributed by atoms with Crippen molar-refractivity contribution in [3.05, 3.63) is 27.7 Å². The summed E-state index contributed by atoms with van der Waals surface area (Å²) in [5.74, 6) is 0.621. The minimum atomic E-state index is -0.0201. The molecule has 0 aromatic heterocycles. The first kappa shape index (κ1) is 16.6. The Labute approximate surface area is 126 Å². The Balaban J connectivity index is 2.85. The number of nitrogens with one attached hydrogen (secondary N) is 1. The Morgan fingerprint density at radius 2 is 1.84 bits per heavy atom. The van der Waals surface area contributed by atoms with E-state index in [1.807, 2.05) is 6.07 Å². The maximum atomic E-state index is 6.35. The summed E-state index contributed by atoms with van der Waals surface area (Å²) in [6, 6.07) is 3.71. The third-order valence-electron chi connectivity index (χ3n) is 3.32. The van der Waals surface area contributed by atoms with E-state index in [9.17, 15) is 0 Å². The van der Waals surface area contributed by atoms with Crippen LogP contribution in [0.2, 0.25) is 10.0 Å². The van der Waals surface area contributed by atoms with Gasteiger partial charge in [-0.2, -0.15) is 0 Å². The Bertz CT molecular complexity index is 419. The Morgan fingerprint density at radius 3 is 2.42 bits per heavy atom. The summed E-state index contributed by atoms with van der Waals surface area (Å²) in [5, 5.41) is 4.73. The van der Waals surface area contributed by atoms with Gasteiger partial charge in [-0.3, -0.25) is 0 Å². The van der Waals surface area contributed by atoms with Crippen LogP contribution in [0.3, 0.4) is 0 Å². The quantitative estimate of drug-likeness (QED) is 0.739. The van der Waals surface area contributed by atoms with Crippen molar-refractivity contribution in [2.45, 2.75) is 39.0 Å². The van der Waals surface area contributed by atoms with Crippen molar-refractivity contribution in [2.75, 3.05) is 20.2 Å². The van der Waals surface area contributed by atoms with Crippen LogP contribution < -0.4 is 10.1 Å². The fourth-order valence-electron chi connectivity index (χ4n) is 2.04. The van der Waals surface area contributed by atoms with Crippen molar-refractivity contribution in [1.29, 1.82) is 0 Å². The molecule has 0 spiro atoms. The van der Waals surface area contributed by atoms with Gasteiger partial charge in [0.25, 0.3) is 0 Å². The minimum absolute atomic E-state index is 0.0201. The smallest absolute Gasteiger partial charge is 0.138 e. The molecule has 19 heavy (non-hydrogen) atoms. The van der Waals surface area contributed by atoms with Gasteiger partial charge in [-0.15, -0.1) is 0 Å². The summed E-state index contributed by atoms with van der Waals surface area (Å²) < 4.78 is 5.18. The van der Waals surface area contributed by atoms with Crippen molar-refractivity contribution in [3.8, 4) is 5.75 Å². The van der Waals surface area contributed by atoms with E-state index in [2.05, 4.69) is 26.1 Å². The van der Waals surface area contributed by atoms with Gasteiger partial charge >= 0.3 is 0 Å². The zero-order valence-corrected chi connectivity index (χ0v) is 13.7. The molecule has 0 aliphatic rings. The van der Waals surface area contributed by atoms with Crippen LogP contribution in [-0.2, 0) is 5.41 Å². The zero-order valence-electron chi connectivity index (χ0n) is 12.1. The summed E-state index contributed by atoms with van der Waals surface area (Å²) in [6.07, 6.45) is 2.16. The van der Waals surface area contributed by atoms with E-state index in [-0.39, 0.29) is 5.41 Å². The Morgan fingerprint density at radius 1 is 1.16 bits per heavy atom. The lowest BCUT2D eigenvalue weighted by Crippen LogP contribution is -2.26. The van der Waals surface area contributed by atoms with Crippen LogP contribution >= 0.6 is 23.2 Å². The maximum absolute atomic E-state index is 6.35. The molecule has 1 aromatic carbocycles. The summed E-state index contributed by atoms with van der Waals surface area (Å²) in [6.45, 7) is 8.56. The number of benzene rings is 1. The van der Waals surface area contributed by atoms with Crippen molar-refractivity contribution in [3.63, 3.8) is 0 Å². The number of hydrogen-bond donors (Lipinski definition) is 1. The Kier molecular flexibility index (Phi) is 6.45. The molecule has 0 unspecified atom stereocenters. The molecule has 0 fully saturated rings. The molecule has 1 rings (SSSR count). The van der Waals surface area contributed by atoms with E-state index < -0.39 is 0 Å². The number of methoxy groups -OCH3 is 1. The average Bonchev–Trinajstić information content (AvgIpc) is 2.36. The van der Waals surface area contributed by atoms with Crippen LogP contribution in [0.1, 0.15) is 39.2 Å². The van der Waals surface area contributed by atoms with Gasteiger partial charge in [-0.25, -0.2) is 0 Å². The molecule has 0 saturated carbocycles. The second-order valence-corrected chi connectivity index (χ2v) is 6.16. The molecular weight excluding hydrogens is 281 g/mol. The van der Waals surface area contributed by atoms with Gasteiger partial charge in [0.15, 0.2) is 0 Å². The minimum Gasteiger partial charge on any atom is -0.495 e. The van der Waals surface area contributed by atoms with Gasteiger partial charge in [0.1, 0.15) is 5.75 Å². The average molecular weight is 304 g/mol. The summed E-state index contributed by atoms with van der Waals surface area (Å²) >= 11 is 12.5. The summed E-state index contributed by atoms with van der Waals surface area (Å²) in [7, 11) is 1.59. The molecule has 1 N–H and O–H groups in total. The summed E-state index contributed by atoms with van der Waals surface area (Å²) in [4.78, 5) is 0. The van der Waals surface area contributed by atoms with E-state index in [1.54, 1.807) is 13.2 Å². The van der Waals surface area contributed by atoms with Gasteiger partial charge in [0.2, 0.25) is 0 Å². The molecule has 1 aromatic rings. The standard InChI is InChI=1S/C15H23Cl2NO/c1-5-7-18-8-6-15(2,3)11-9-13(17)14(19-4)10-12(11)16/h9-10,18H,5-8H2,1-4H3. The topological polar surface area (TPSA) is 21.3 Å². The van der Waals surface area contributed by atoms with Crippen LogP contribution in [0.4, 0.5) is 0 Å². The molecule has 0 atom stereocenters. The monoisotopic (exact) mass is 303 g/mol.